The number of hydrogen-bond acceptors (Lipinski definition) is 6. The van der Waals surface area contributed by atoms with Crippen LogP contribution in [0.3, 0.4) is 0 Å². The molecule has 1 N–H and O–H groups in total. The minimum absolute atomic E-state index is 0.0166. The van der Waals surface area contributed by atoms with Crippen LogP contribution in [0.1, 0.15) is 29.4 Å². The molecule has 20 heavy (non-hydrogen) atoms. The van der Waals surface area contributed by atoms with Gasteiger partial charge in [-0.3, -0.25) is 4.84 Å². The Morgan fingerprint density at radius 2 is 2.15 bits per heavy atom. The van der Waals surface area contributed by atoms with Crippen LogP contribution < -0.4 is 5.48 Å². The number of halogens is 2. The smallest absolute Gasteiger partial charge is 0.341 e. The minimum Gasteiger partial charge on any atom is -0.462 e. The number of carbonyl (C=O) groups excluding carboxylic acids is 1. The van der Waals surface area contributed by atoms with E-state index in [1.165, 1.54) is 20.2 Å². The second-order valence-electron chi connectivity index (χ2n) is 3.93. The Morgan fingerprint density at radius 1 is 1.45 bits per heavy atom. The number of carbonyl (C=O) groups is 1. The average molecular weight is 287 g/mol. The lowest BCUT2D eigenvalue weighted by Crippen LogP contribution is -2.12. The molecule has 0 spiro atoms. The second-order valence-corrected chi connectivity index (χ2v) is 3.93. The number of nitrogens with one attached hydrogen (secondary N) is 1. The highest BCUT2D eigenvalue weighted by Gasteiger charge is 2.13. The van der Waals surface area contributed by atoms with Crippen LogP contribution in [0.4, 0.5) is 14.7 Å². The largest absolute Gasteiger partial charge is 0.462 e. The summed E-state index contributed by atoms with van der Waals surface area (Å²) >= 11 is 0. The first-order valence-corrected chi connectivity index (χ1v) is 5.76. The number of anilines is 1. The van der Waals surface area contributed by atoms with Crippen molar-refractivity contribution >= 4 is 11.9 Å². The fourth-order valence-corrected chi connectivity index (χ4v) is 1.28. The van der Waals surface area contributed by atoms with Gasteiger partial charge in [-0.1, -0.05) is 0 Å². The first-order valence-electron chi connectivity index (χ1n) is 5.76. The molecule has 0 saturated heterocycles. The standard InChI is InChI=1S/C12H15F2N3O3/c1-7(10(13)14)4-5-20-11(18)9-6-15-12(17-19-3)16-8(9)2/h6H,4-5H2,1-3H3,(H,15,16,17). The van der Waals surface area contributed by atoms with Gasteiger partial charge in [-0.05, 0) is 19.4 Å². The lowest BCUT2D eigenvalue weighted by molar-refractivity contribution is 0.0506. The van der Waals surface area contributed by atoms with Crippen molar-refractivity contribution < 1.29 is 23.1 Å². The van der Waals surface area contributed by atoms with Gasteiger partial charge in [0.1, 0.15) is 0 Å². The van der Waals surface area contributed by atoms with Gasteiger partial charge in [-0.25, -0.2) is 20.2 Å². The molecule has 0 amide bonds. The maximum Gasteiger partial charge on any atom is 0.341 e. The predicted octanol–water partition coefficient (Wildman–Crippen LogP) is 2.48. The third-order valence-corrected chi connectivity index (χ3v) is 2.43. The molecule has 0 unspecified atom stereocenters. The summed E-state index contributed by atoms with van der Waals surface area (Å²) in [4.78, 5) is 24.2. The molecule has 1 heterocycles. The fourth-order valence-electron chi connectivity index (χ4n) is 1.28. The molecule has 0 atom stereocenters. The lowest BCUT2D eigenvalue weighted by atomic mass is 10.2. The zero-order valence-electron chi connectivity index (χ0n) is 11.4. The van der Waals surface area contributed by atoms with Gasteiger partial charge in [0.05, 0.1) is 25.0 Å². The molecule has 8 heteroatoms. The van der Waals surface area contributed by atoms with E-state index in [1.54, 1.807) is 6.92 Å². The van der Waals surface area contributed by atoms with Crippen molar-refractivity contribution in [2.45, 2.75) is 20.3 Å². The zero-order chi connectivity index (χ0) is 15.1. The number of aromatic nitrogens is 2. The molecule has 0 bridgehead atoms. The maximum atomic E-state index is 12.2. The van der Waals surface area contributed by atoms with E-state index >= 15 is 0 Å². The van der Waals surface area contributed by atoms with Gasteiger partial charge in [0.2, 0.25) is 5.95 Å². The predicted molar refractivity (Wildman–Crippen MR) is 67.2 cm³/mol. The van der Waals surface area contributed by atoms with Crippen LogP contribution in [-0.4, -0.2) is 29.7 Å². The van der Waals surface area contributed by atoms with Gasteiger partial charge in [-0.15, -0.1) is 0 Å². The Kier molecular flexibility index (Phi) is 5.98. The van der Waals surface area contributed by atoms with Crippen LogP contribution in [0, 0.1) is 6.92 Å². The average Bonchev–Trinajstić information content (AvgIpc) is 2.38. The van der Waals surface area contributed by atoms with E-state index in [0.717, 1.165) is 0 Å². The number of nitrogens with zero attached hydrogens (tertiary/aromatic N) is 2. The summed E-state index contributed by atoms with van der Waals surface area (Å²) in [6.45, 7) is 2.76. The molecule has 0 aliphatic heterocycles. The molecule has 0 radical (unpaired) electrons. The van der Waals surface area contributed by atoms with Crippen LogP contribution in [0.2, 0.25) is 0 Å². The third-order valence-electron chi connectivity index (χ3n) is 2.43. The van der Waals surface area contributed by atoms with Crippen molar-refractivity contribution in [3.8, 4) is 0 Å². The first-order chi connectivity index (χ1) is 9.45. The second kappa shape index (κ2) is 7.49. The molecule has 1 aromatic rings. The van der Waals surface area contributed by atoms with Crippen molar-refractivity contribution in [2.24, 2.45) is 0 Å². The quantitative estimate of drug-likeness (QED) is 0.640. The molecule has 0 saturated carbocycles. The summed E-state index contributed by atoms with van der Waals surface area (Å²) in [7, 11) is 1.40. The number of hydrogen-bond donors (Lipinski definition) is 1. The zero-order valence-corrected chi connectivity index (χ0v) is 11.4. The monoisotopic (exact) mass is 287 g/mol. The molecular weight excluding hydrogens is 272 g/mol. The van der Waals surface area contributed by atoms with Crippen molar-refractivity contribution in [1.82, 2.24) is 9.97 Å². The third kappa shape index (κ3) is 4.54. The van der Waals surface area contributed by atoms with E-state index in [2.05, 4.69) is 20.3 Å². The van der Waals surface area contributed by atoms with Crippen LogP contribution >= 0.6 is 0 Å². The van der Waals surface area contributed by atoms with Gasteiger partial charge in [-0.2, -0.15) is 8.78 Å². The molecule has 1 rings (SSSR count). The molecule has 0 aliphatic rings. The van der Waals surface area contributed by atoms with Crippen molar-refractivity contribution in [1.29, 1.82) is 0 Å². The van der Waals surface area contributed by atoms with Crippen LogP contribution in [0.5, 0.6) is 0 Å². The summed E-state index contributed by atoms with van der Waals surface area (Å²) in [5.41, 5.74) is 2.89. The van der Waals surface area contributed by atoms with Gasteiger partial charge in [0.25, 0.3) is 6.08 Å². The maximum absolute atomic E-state index is 12.2. The van der Waals surface area contributed by atoms with Gasteiger partial charge in [0, 0.05) is 12.6 Å². The molecule has 0 aliphatic carbocycles. The van der Waals surface area contributed by atoms with Crippen LogP contribution in [0.25, 0.3) is 0 Å². The fraction of sp³-hybridized carbons (Fsp3) is 0.417. The highest BCUT2D eigenvalue weighted by atomic mass is 19.3. The molecular formula is C12H15F2N3O3. The number of ether oxygens (including phenoxy) is 1. The summed E-state index contributed by atoms with van der Waals surface area (Å²) < 4.78 is 29.2. The van der Waals surface area contributed by atoms with E-state index in [-0.39, 0.29) is 30.1 Å². The highest BCUT2D eigenvalue weighted by Crippen LogP contribution is 2.12. The Bertz CT molecular complexity index is 517. The number of aryl methyl sites for hydroxylation is 1. The van der Waals surface area contributed by atoms with E-state index in [9.17, 15) is 13.6 Å². The lowest BCUT2D eigenvalue weighted by Gasteiger charge is -2.08. The number of rotatable bonds is 6. The van der Waals surface area contributed by atoms with E-state index in [0.29, 0.717) is 5.69 Å². The Balaban J connectivity index is 2.62. The van der Waals surface area contributed by atoms with E-state index < -0.39 is 12.0 Å². The molecule has 110 valence electrons. The van der Waals surface area contributed by atoms with Gasteiger partial charge < -0.3 is 4.74 Å². The van der Waals surface area contributed by atoms with Crippen LogP contribution in [0.15, 0.2) is 17.9 Å². The Hall–Kier alpha value is -2.09. The van der Waals surface area contributed by atoms with Crippen LogP contribution in [-0.2, 0) is 9.57 Å². The molecule has 0 aromatic carbocycles. The molecule has 6 nitrogen and oxygen atoms in total. The Labute approximate surface area is 114 Å². The highest BCUT2D eigenvalue weighted by molar-refractivity contribution is 5.90. The summed E-state index contributed by atoms with van der Waals surface area (Å²) in [6, 6.07) is 0. The summed E-state index contributed by atoms with van der Waals surface area (Å²) in [5.74, 6) is -0.446. The SMILES string of the molecule is CONc1ncc(C(=O)OCCC(C)=C(F)F)c(C)n1. The number of esters is 1. The van der Waals surface area contributed by atoms with E-state index in [1.807, 2.05) is 0 Å². The topological polar surface area (TPSA) is 73.3 Å². The molecule has 0 fully saturated rings. The van der Waals surface area contributed by atoms with Crippen molar-refractivity contribution in [3.05, 3.63) is 29.1 Å². The van der Waals surface area contributed by atoms with Crippen molar-refractivity contribution in [2.75, 3.05) is 19.2 Å². The van der Waals surface area contributed by atoms with Gasteiger partial charge in [0.15, 0.2) is 0 Å². The van der Waals surface area contributed by atoms with Crippen molar-refractivity contribution in [3.63, 3.8) is 0 Å². The first kappa shape index (κ1) is 16.0. The van der Waals surface area contributed by atoms with Gasteiger partial charge >= 0.3 is 5.97 Å². The Morgan fingerprint density at radius 3 is 2.70 bits per heavy atom. The summed E-state index contributed by atoms with van der Waals surface area (Å²) in [5, 5.41) is 0. The minimum atomic E-state index is -1.75. The normalized spacial score (nSPS) is 10.1. The summed E-state index contributed by atoms with van der Waals surface area (Å²) in [6.07, 6.45) is -0.488. The van der Waals surface area contributed by atoms with E-state index in [4.69, 9.17) is 4.74 Å². The molecule has 1 aromatic heterocycles.